The monoisotopic (exact) mass is 279 g/mol. The Morgan fingerprint density at radius 2 is 1.62 bits per heavy atom. The quantitative estimate of drug-likeness (QED) is 0.592. The first kappa shape index (κ1) is 15.0. The molecule has 1 radical (unpaired) electrons. The van der Waals surface area contributed by atoms with E-state index in [4.69, 9.17) is 5.11 Å². The van der Waals surface area contributed by atoms with Crippen molar-refractivity contribution in [2.24, 2.45) is 5.92 Å². The van der Waals surface area contributed by atoms with Crippen LogP contribution >= 0.6 is 0 Å². The van der Waals surface area contributed by atoms with Gasteiger partial charge >= 0.3 is 5.97 Å². The molecular formula is C8H12AgO4. The van der Waals surface area contributed by atoms with Gasteiger partial charge in [-0.25, -0.2) is 0 Å². The minimum atomic E-state index is -1.18. The van der Waals surface area contributed by atoms with Crippen LogP contribution in [0.4, 0.5) is 0 Å². The third-order valence-electron chi connectivity index (χ3n) is 1.36. The van der Waals surface area contributed by atoms with Crippen LogP contribution in [0.2, 0.25) is 0 Å². The van der Waals surface area contributed by atoms with Crippen LogP contribution in [0, 0.1) is 5.92 Å². The Balaban J connectivity index is 0. The van der Waals surface area contributed by atoms with Crippen molar-refractivity contribution in [3.05, 3.63) is 0 Å². The second-order valence-corrected chi connectivity index (χ2v) is 2.91. The van der Waals surface area contributed by atoms with Crippen molar-refractivity contribution >= 4 is 17.5 Å². The molecule has 5 heteroatoms. The van der Waals surface area contributed by atoms with Crippen LogP contribution < -0.4 is 0 Å². The molecule has 0 spiro atoms. The second-order valence-electron chi connectivity index (χ2n) is 2.91. The SMILES string of the molecule is CC(C)C(=O)CC(=O)CC(=O)O.[Ag]. The van der Waals surface area contributed by atoms with Crippen LogP contribution in [0.5, 0.6) is 0 Å². The zero-order valence-electron chi connectivity index (χ0n) is 7.47. The number of Topliss-reactive ketones (excluding diaryl/α,β-unsaturated/α-hetero) is 2. The fourth-order valence-electron chi connectivity index (χ4n) is 0.630. The van der Waals surface area contributed by atoms with Crippen molar-refractivity contribution in [2.45, 2.75) is 26.7 Å². The predicted molar refractivity (Wildman–Crippen MR) is 41.7 cm³/mol. The molecule has 0 aromatic rings. The molecule has 4 nitrogen and oxygen atoms in total. The van der Waals surface area contributed by atoms with Gasteiger partial charge in [0.25, 0.3) is 0 Å². The first-order chi connectivity index (χ1) is 5.43. The number of ketones is 2. The number of aliphatic carboxylic acids is 1. The minimum Gasteiger partial charge on any atom is -0.481 e. The third-order valence-corrected chi connectivity index (χ3v) is 1.36. The molecule has 0 unspecified atom stereocenters. The Morgan fingerprint density at radius 1 is 1.15 bits per heavy atom. The third kappa shape index (κ3) is 7.90. The summed E-state index contributed by atoms with van der Waals surface area (Å²) in [6.07, 6.45) is -0.817. The van der Waals surface area contributed by atoms with Gasteiger partial charge < -0.3 is 5.11 Å². The van der Waals surface area contributed by atoms with Crippen molar-refractivity contribution in [1.29, 1.82) is 0 Å². The van der Waals surface area contributed by atoms with E-state index < -0.39 is 18.2 Å². The molecule has 13 heavy (non-hydrogen) atoms. The summed E-state index contributed by atoms with van der Waals surface area (Å²) in [7, 11) is 0. The summed E-state index contributed by atoms with van der Waals surface area (Å²) in [6, 6.07) is 0. The standard InChI is InChI=1S/C8H12O4.Ag/c1-5(2)7(10)3-6(9)4-8(11)12;/h5H,3-4H2,1-2H3,(H,11,12);. The largest absolute Gasteiger partial charge is 0.481 e. The molecule has 0 saturated heterocycles. The van der Waals surface area contributed by atoms with Gasteiger partial charge in [-0.3, -0.25) is 14.4 Å². The second kappa shape index (κ2) is 7.00. The van der Waals surface area contributed by atoms with E-state index in [1.807, 2.05) is 0 Å². The summed E-state index contributed by atoms with van der Waals surface area (Å²) >= 11 is 0. The normalized spacial score (nSPS) is 9.15. The fraction of sp³-hybridized carbons (Fsp3) is 0.625. The van der Waals surface area contributed by atoms with Crippen molar-refractivity contribution in [3.8, 4) is 0 Å². The van der Waals surface area contributed by atoms with E-state index in [1.165, 1.54) is 0 Å². The topological polar surface area (TPSA) is 71.4 Å². The molecule has 0 bridgehead atoms. The van der Waals surface area contributed by atoms with Crippen molar-refractivity contribution in [1.82, 2.24) is 0 Å². The molecule has 0 aliphatic rings. The van der Waals surface area contributed by atoms with Gasteiger partial charge in [0, 0.05) is 28.3 Å². The van der Waals surface area contributed by atoms with Gasteiger partial charge in [-0.15, -0.1) is 0 Å². The van der Waals surface area contributed by atoms with E-state index >= 15 is 0 Å². The van der Waals surface area contributed by atoms with E-state index in [0.29, 0.717) is 0 Å². The molecule has 0 aromatic carbocycles. The molecule has 0 heterocycles. The Hall–Kier alpha value is -0.450. The summed E-state index contributed by atoms with van der Waals surface area (Å²) < 4.78 is 0. The Labute approximate surface area is 92.2 Å². The van der Waals surface area contributed by atoms with Crippen LogP contribution in [0.1, 0.15) is 26.7 Å². The van der Waals surface area contributed by atoms with E-state index in [-0.39, 0.29) is 40.5 Å². The first-order valence-corrected chi connectivity index (χ1v) is 3.69. The number of hydrogen-bond acceptors (Lipinski definition) is 3. The molecule has 0 amide bonds. The molecule has 79 valence electrons. The van der Waals surface area contributed by atoms with Gasteiger partial charge in [-0.1, -0.05) is 13.8 Å². The number of rotatable bonds is 5. The summed E-state index contributed by atoms with van der Waals surface area (Å²) in [5, 5.41) is 8.20. The van der Waals surface area contributed by atoms with Gasteiger partial charge in [0.05, 0.1) is 6.42 Å². The molecule has 0 saturated carbocycles. The zero-order valence-corrected chi connectivity index (χ0v) is 8.95. The Kier molecular flexibility index (Phi) is 8.10. The fourth-order valence-corrected chi connectivity index (χ4v) is 0.630. The van der Waals surface area contributed by atoms with E-state index in [1.54, 1.807) is 13.8 Å². The van der Waals surface area contributed by atoms with E-state index in [9.17, 15) is 14.4 Å². The molecule has 0 aliphatic heterocycles. The number of carboxylic acids is 1. The van der Waals surface area contributed by atoms with Crippen LogP contribution in [0.25, 0.3) is 0 Å². The average Bonchev–Trinajstić information content (AvgIpc) is 1.84. The smallest absolute Gasteiger partial charge is 0.310 e. The number of hydrogen-bond donors (Lipinski definition) is 1. The van der Waals surface area contributed by atoms with Crippen LogP contribution in [0.3, 0.4) is 0 Å². The van der Waals surface area contributed by atoms with Crippen LogP contribution in [-0.2, 0) is 36.8 Å². The van der Waals surface area contributed by atoms with Gasteiger partial charge in [0.15, 0.2) is 5.78 Å². The molecular weight excluding hydrogens is 268 g/mol. The summed E-state index contributed by atoms with van der Waals surface area (Å²) in [5.74, 6) is -2.12. The van der Waals surface area contributed by atoms with Crippen LogP contribution in [-0.4, -0.2) is 22.6 Å². The first-order valence-electron chi connectivity index (χ1n) is 3.69. The van der Waals surface area contributed by atoms with Gasteiger partial charge in [0.2, 0.25) is 0 Å². The molecule has 0 atom stereocenters. The van der Waals surface area contributed by atoms with E-state index in [0.717, 1.165) is 0 Å². The Bertz CT molecular complexity index is 210. The maximum absolute atomic E-state index is 10.9. The van der Waals surface area contributed by atoms with Crippen molar-refractivity contribution in [3.63, 3.8) is 0 Å². The number of carbonyl (C=O) groups excluding carboxylic acids is 2. The van der Waals surface area contributed by atoms with E-state index in [2.05, 4.69) is 0 Å². The van der Waals surface area contributed by atoms with Gasteiger partial charge in [0.1, 0.15) is 12.2 Å². The number of carboxylic acid groups (broad SMARTS) is 1. The average molecular weight is 280 g/mol. The van der Waals surface area contributed by atoms with Crippen LogP contribution in [0.15, 0.2) is 0 Å². The summed E-state index contributed by atoms with van der Waals surface area (Å²) in [4.78, 5) is 31.7. The Morgan fingerprint density at radius 3 is 1.92 bits per heavy atom. The van der Waals surface area contributed by atoms with Gasteiger partial charge in [-0.2, -0.15) is 0 Å². The maximum Gasteiger partial charge on any atom is 0.310 e. The number of carbonyl (C=O) groups is 3. The van der Waals surface area contributed by atoms with Crippen molar-refractivity contribution < 1.29 is 41.9 Å². The molecule has 0 fully saturated rings. The van der Waals surface area contributed by atoms with Gasteiger partial charge in [-0.05, 0) is 0 Å². The minimum absolute atomic E-state index is 0. The zero-order chi connectivity index (χ0) is 9.72. The molecule has 0 rings (SSSR count). The summed E-state index contributed by atoms with van der Waals surface area (Å²) in [5.41, 5.74) is 0. The molecule has 0 aliphatic carbocycles. The maximum atomic E-state index is 10.9. The predicted octanol–water partition coefficient (Wildman–Crippen LogP) is 0.643. The molecule has 0 aromatic heterocycles. The molecule has 1 N–H and O–H groups in total. The summed E-state index contributed by atoms with van der Waals surface area (Å²) in [6.45, 7) is 3.35. The van der Waals surface area contributed by atoms with Crippen molar-refractivity contribution in [2.75, 3.05) is 0 Å².